The van der Waals surface area contributed by atoms with Crippen LogP contribution in [-0.2, 0) is 6.18 Å². The lowest BCUT2D eigenvalue weighted by Gasteiger charge is -2.20. The number of alkyl halides is 3. The minimum absolute atomic E-state index is 0.0882. The Kier molecular flexibility index (Phi) is 8.22. The largest absolute Gasteiger partial charge is 0.417 e. The molecule has 1 fully saturated rings. The maximum absolute atomic E-state index is 13.2. The third-order valence-corrected chi connectivity index (χ3v) is 7.49. The van der Waals surface area contributed by atoms with E-state index in [1.807, 2.05) is 6.07 Å². The van der Waals surface area contributed by atoms with Gasteiger partial charge >= 0.3 is 6.18 Å². The molecule has 0 radical (unpaired) electrons. The molecule has 3 aromatic carbocycles. The van der Waals surface area contributed by atoms with E-state index in [4.69, 9.17) is 40.1 Å². The van der Waals surface area contributed by atoms with Crippen molar-refractivity contribution < 1.29 is 22.8 Å². The predicted molar refractivity (Wildman–Crippen MR) is 139 cm³/mol. The molecule has 1 heterocycles. The molecule has 0 aliphatic carbocycles. The van der Waals surface area contributed by atoms with Crippen LogP contribution in [0.2, 0.25) is 15.1 Å². The highest BCUT2D eigenvalue weighted by Gasteiger charge is 2.37. The van der Waals surface area contributed by atoms with Crippen LogP contribution >= 0.6 is 34.8 Å². The highest BCUT2D eigenvalue weighted by Crippen LogP contribution is 2.37. The summed E-state index contributed by atoms with van der Waals surface area (Å²) in [5.74, 6) is -1.45. The smallest absolute Gasteiger partial charge is 0.352 e. The van der Waals surface area contributed by atoms with E-state index in [1.165, 1.54) is 6.07 Å². The second-order valence-electron chi connectivity index (χ2n) is 8.84. The molecular weight excluding hydrogens is 562 g/mol. The number of amides is 2. The minimum Gasteiger partial charge on any atom is -0.352 e. The van der Waals surface area contributed by atoms with Gasteiger partial charge in [-0.15, -0.1) is 0 Å². The van der Waals surface area contributed by atoms with Crippen molar-refractivity contribution in [1.29, 1.82) is 5.26 Å². The second kappa shape index (κ2) is 11.2. The third-order valence-electron chi connectivity index (χ3n) is 6.42. The van der Waals surface area contributed by atoms with Gasteiger partial charge in [-0.3, -0.25) is 9.59 Å². The summed E-state index contributed by atoms with van der Waals surface area (Å²) >= 11 is 18.0. The van der Waals surface area contributed by atoms with Crippen molar-refractivity contribution in [3.63, 3.8) is 0 Å². The van der Waals surface area contributed by atoms with Crippen LogP contribution in [0.4, 0.5) is 13.2 Å². The molecule has 0 saturated carbocycles. The summed E-state index contributed by atoms with van der Waals surface area (Å²) in [6.07, 6.45) is -4.70. The Balaban J connectivity index is 1.55. The van der Waals surface area contributed by atoms with Crippen molar-refractivity contribution in [3.8, 4) is 6.07 Å². The van der Waals surface area contributed by atoms with E-state index in [1.54, 1.807) is 47.4 Å². The van der Waals surface area contributed by atoms with Gasteiger partial charge in [0.2, 0.25) is 0 Å². The van der Waals surface area contributed by atoms with Crippen LogP contribution in [0.3, 0.4) is 0 Å². The number of benzene rings is 3. The topological polar surface area (TPSA) is 73.2 Å². The molecule has 1 N–H and O–H groups in total. The summed E-state index contributed by atoms with van der Waals surface area (Å²) in [4.78, 5) is 27.6. The highest BCUT2D eigenvalue weighted by atomic mass is 35.5. The molecule has 1 aliphatic heterocycles. The van der Waals surface area contributed by atoms with E-state index < -0.39 is 22.7 Å². The van der Waals surface area contributed by atoms with E-state index in [2.05, 4.69) is 5.32 Å². The van der Waals surface area contributed by atoms with Gasteiger partial charge in [0.25, 0.3) is 11.8 Å². The number of rotatable bonds is 5. The van der Waals surface area contributed by atoms with Gasteiger partial charge in [0.15, 0.2) is 0 Å². The van der Waals surface area contributed by atoms with Gasteiger partial charge in [-0.25, -0.2) is 0 Å². The number of carbonyl (C=O) groups is 2. The SMILES string of the molecule is N#Cc1ccc(C(=O)N2C[C@H](CNC(=O)c3ccc(Cl)c(C(F)(F)F)c3)[C@H](c3ccc(Cl)c(Cl)c3)C2)cc1. The first-order chi connectivity index (χ1) is 18.0. The maximum Gasteiger partial charge on any atom is 0.417 e. The molecule has 2 atom stereocenters. The molecule has 0 unspecified atom stereocenters. The Hall–Kier alpha value is -3.25. The number of nitrogens with one attached hydrogen (secondary N) is 1. The molecule has 1 aliphatic rings. The summed E-state index contributed by atoms with van der Waals surface area (Å²) in [7, 11) is 0. The standard InChI is InChI=1S/C27H19Cl3F3N3O2/c28-22-7-6-18(9-21(22)27(31,32)33)25(37)35-12-19-13-36(26(38)16-3-1-15(11-34)2-4-16)14-20(19)17-5-8-23(29)24(30)10-17/h1-10,19-20H,12-14H2,(H,35,37)/t19-,20-/m0/s1. The summed E-state index contributed by atoms with van der Waals surface area (Å²) < 4.78 is 39.7. The van der Waals surface area contributed by atoms with Crippen LogP contribution < -0.4 is 5.32 Å². The van der Waals surface area contributed by atoms with Gasteiger partial charge in [-0.2, -0.15) is 18.4 Å². The van der Waals surface area contributed by atoms with E-state index >= 15 is 0 Å². The molecule has 0 aromatic heterocycles. The van der Waals surface area contributed by atoms with Crippen molar-refractivity contribution in [3.05, 3.63) is 104 Å². The van der Waals surface area contributed by atoms with Gasteiger partial charge in [0.05, 0.1) is 32.3 Å². The maximum atomic E-state index is 13.2. The summed E-state index contributed by atoms with van der Waals surface area (Å²) in [5, 5.41) is 11.9. The van der Waals surface area contributed by atoms with Crippen molar-refractivity contribution in [2.75, 3.05) is 19.6 Å². The van der Waals surface area contributed by atoms with E-state index in [0.717, 1.165) is 11.6 Å². The molecule has 1 saturated heterocycles. The molecule has 5 nitrogen and oxygen atoms in total. The van der Waals surface area contributed by atoms with Crippen LogP contribution in [0.25, 0.3) is 0 Å². The Morgan fingerprint density at radius 3 is 2.21 bits per heavy atom. The lowest BCUT2D eigenvalue weighted by molar-refractivity contribution is -0.137. The van der Waals surface area contributed by atoms with Gasteiger partial charge < -0.3 is 10.2 Å². The third kappa shape index (κ3) is 6.07. The van der Waals surface area contributed by atoms with Gasteiger partial charge in [0.1, 0.15) is 0 Å². The monoisotopic (exact) mass is 579 g/mol. The first-order valence-corrected chi connectivity index (χ1v) is 12.5. The molecule has 11 heteroatoms. The lowest BCUT2D eigenvalue weighted by Crippen LogP contribution is -2.33. The number of nitrogens with zero attached hydrogens (tertiary/aromatic N) is 2. The van der Waals surface area contributed by atoms with Crippen molar-refractivity contribution in [1.82, 2.24) is 10.2 Å². The lowest BCUT2D eigenvalue weighted by atomic mass is 9.89. The highest BCUT2D eigenvalue weighted by molar-refractivity contribution is 6.42. The molecule has 3 aromatic rings. The fourth-order valence-corrected chi connectivity index (χ4v) is 4.98. The fourth-order valence-electron chi connectivity index (χ4n) is 4.44. The number of halogens is 6. The van der Waals surface area contributed by atoms with E-state index in [9.17, 15) is 22.8 Å². The summed E-state index contributed by atoms with van der Waals surface area (Å²) in [6.45, 7) is 0.680. The van der Waals surface area contributed by atoms with Gasteiger partial charge in [0, 0.05) is 42.6 Å². The molecule has 0 spiro atoms. The number of hydrogen-bond donors (Lipinski definition) is 1. The summed E-state index contributed by atoms with van der Waals surface area (Å²) in [5.41, 5.74) is 0.354. The quantitative estimate of drug-likeness (QED) is 0.360. The zero-order chi connectivity index (χ0) is 27.6. The summed E-state index contributed by atoms with van der Waals surface area (Å²) in [6, 6.07) is 16.4. The van der Waals surface area contributed by atoms with Crippen LogP contribution in [-0.4, -0.2) is 36.3 Å². The zero-order valence-corrected chi connectivity index (χ0v) is 21.8. The van der Waals surface area contributed by atoms with Crippen LogP contribution in [0, 0.1) is 17.2 Å². The Labute approximate surface area is 231 Å². The van der Waals surface area contributed by atoms with Crippen molar-refractivity contribution in [2.45, 2.75) is 12.1 Å². The second-order valence-corrected chi connectivity index (χ2v) is 10.1. The van der Waals surface area contributed by atoms with Crippen LogP contribution in [0.5, 0.6) is 0 Å². The molecule has 2 amide bonds. The first kappa shape index (κ1) is 27.8. The average molecular weight is 581 g/mol. The molecule has 38 heavy (non-hydrogen) atoms. The Morgan fingerprint density at radius 2 is 1.58 bits per heavy atom. The molecule has 0 bridgehead atoms. The molecule has 196 valence electrons. The van der Waals surface area contributed by atoms with E-state index in [-0.39, 0.29) is 36.4 Å². The van der Waals surface area contributed by atoms with Crippen molar-refractivity contribution >= 4 is 46.6 Å². The number of carbonyl (C=O) groups excluding carboxylic acids is 2. The first-order valence-electron chi connectivity index (χ1n) is 11.4. The zero-order valence-electron chi connectivity index (χ0n) is 19.5. The van der Waals surface area contributed by atoms with Crippen molar-refractivity contribution in [2.24, 2.45) is 5.92 Å². The average Bonchev–Trinajstić information content (AvgIpc) is 3.32. The van der Waals surface area contributed by atoms with Gasteiger partial charge in [-0.1, -0.05) is 40.9 Å². The molecule has 4 rings (SSSR count). The molecular formula is C27H19Cl3F3N3O2. The Morgan fingerprint density at radius 1 is 0.921 bits per heavy atom. The fraction of sp³-hybridized carbons (Fsp3) is 0.222. The van der Waals surface area contributed by atoms with Crippen LogP contribution in [0.15, 0.2) is 60.7 Å². The Bertz CT molecular complexity index is 1420. The normalized spacial score (nSPS) is 17.2. The van der Waals surface area contributed by atoms with E-state index in [0.29, 0.717) is 33.8 Å². The number of hydrogen-bond acceptors (Lipinski definition) is 3. The predicted octanol–water partition coefficient (Wildman–Crippen LogP) is 6.82. The van der Waals surface area contributed by atoms with Gasteiger partial charge in [-0.05, 0) is 60.2 Å². The number of likely N-dealkylation sites (tertiary alicyclic amines) is 1. The number of nitriles is 1. The van der Waals surface area contributed by atoms with Crippen LogP contribution in [0.1, 0.15) is 43.3 Å². The minimum atomic E-state index is -4.70.